The number of para-hydroxylation sites is 1. The van der Waals surface area contributed by atoms with Gasteiger partial charge >= 0.3 is 0 Å². The highest BCUT2D eigenvalue weighted by atomic mass is 15.4. The minimum atomic E-state index is 0.395. The lowest BCUT2D eigenvalue weighted by Crippen LogP contribution is -2.00. The quantitative estimate of drug-likeness (QED) is 0.549. The molecule has 0 saturated heterocycles. The molecule has 0 atom stereocenters. The predicted molar refractivity (Wildman–Crippen MR) is 71.6 cm³/mol. The van der Waals surface area contributed by atoms with E-state index in [4.69, 9.17) is 0 Å². The molecule has 0 aliphatic rings. The normalized spacial score (nSPS) is 11.7. The van der Waals surface area contributed by atoms with Gasteiger partial charge in [-0.05, 0) is 13.0 Å². The third kappa shape index (κ3) is 1.50. The van der Waals surface area contributed by atoms with Crippen molar-refractivity contribution in [2.75, 3.05) is 5.43 Å². The molecule has 0 radical (unpaired) electrons. The van der Waals surface area contributed by atoms with Gasteiger partial charge in [-0.25, -0.2) is 5.43 Å². The lowest BCUT2D eigenvalue weighted by molar-refractivity contribution is 0.949. The summed E-state index contributed by atoms with van der Waals surface area (Å²) in [5.74, 6) is 0.395. The molecule has 18 heavy (non-hydrogen) atoms. The SMILES string of the molecule is C/C=N/Nc1nnc2c3ccccc3n(C)c2n1. The van der Waals surface area contributed by atoms with Crippen LogP contribution in [0.5, 0.6) is 0 Å². The Morgan fingerprint density at radius 1 is 1.28 bits per heavy atom. The van der Waals surface area contributed by atoms with Gasteiger partial charge < -0.3 is 4.57 Å². The predicted octanol–water partition coefficient (Wildman–Crippen LogP) is 1.93. The first-order valence-corrected chi connectivity index (χ1v) is 5.63. The maximum Gasteiger partial charge on any atom is 0.265 e. The van der Waals surface area contributed by atoms with Crippen molar-refractivity contribution in [2.24, 2.45) is 12.1 Å². The largest absolute Gasteiger partial charge is 0.327 e. The first kappa shape index (κ1) is 10.6. The van der Waals surface area contributed by atoms with E-state index in [2.05, 4.69) is 25.7 Å². The summed E-state index contributed by atoms with van der Waals surface area (Å²) in [4.78, 5) is 4.41. The minimum Gasteiger partial charge on any atom is -0.327 e. The van der Waals surface area contributed by atoms with Gasteiger partial charge in [-0.2, -0.15) is 10.1 Å². The van der Waals surface area contributed by atoms with Crippen molar-refractivity contribution >= 4 is 34.2 Å². The Morgan fingerprint density at radius 3 is 2.94 bits per heavy atom. The van der Waals surface area contributed by atoms with Crippen molar-refractivity contribution in [2.45, 2.75) is 6.92 Å². The second-order valence-corrected chi connectivity index (χ2v) is 3.88. The van der Waals surface area contributed by atoms with Crippen molar-refractivity contribution in [1.82, 2.24) is 19.7 Å². The van der Waals surface area contributed by atoms with Gasteiger partial charge in [0.1, 0.15) is 5.52 Å². The molecule has 0 fully saturated rings. The van der Waals surface area contributed by atoms with E-state index < -0.39 is 0 Å². The fourth-order valence-corrected chi connectivity index (χ4v) is 1.98. The summed E-state index contributed by atoms with van der Waals surface area (Å²) in [7, 11) is 1.96. The number of hydrogen-bond donors (Lipinski definition) is 1. The molecule has 0 bridgehead atoms. The van der Waals surface area contributed by atoms with Crippen LogP contribution in [0.2, 0.25) is 0 Å². The number of rotatable bonds is 2. The van der Waals surface area contributed by atoms with Gasteiger partial charge in [0, 0.05) is 18.6 Å². The zero-order chi connectivity index (χ0) is 12.5. The van der Waals surface area contributed by atoms with Gasteiger partial charge in [-0.1, -0.05) is 18.2 Å². The first-order chi connectivity index (χ1) is 8.81. The molecule has 3 aromatic rings. The maximum atomic E-state index is 4.41. The van der Waals surface area contributed by atoms with Crippen LogP contribution in [-0.2, 0) is 7.05 Å². The maximum absolute atomic E-state index is 4.41. The molecule has 1 aromatic carbocycles. The molecule has 0 saturated carbocycles. The van der Waals surface area contributed by atoms with Gasteiger partial charge in [0.05, 0.1) is 5.52 Å². The number of benzene rings is 1. The van der Waals surface area contributed by atoms with Crippen LogP contribution in [-0.4, -0.2) is 26.0 Å². The topological polar surface area (TPSA) is 68.0 Å². The van der Waals surface area contributed by atoms with E-state index in [0.29, 0.717) is 5.95 Å². The number of anilines is 1. The first-order valence-electron chi connectivity index (χ1n) is 5.63. The van der Waals surface area contributed by atoms with Crippen LogP contribution < -0.4 is 5.43 Å². The Balaban J connectivity index is 2.28. The van der Waals surface area contributed by atoms with Crippen molar-refractivity contribution in [3.63, 3.8) is 0 Å². The molecule has 6 nitrogen and oxygen atoms in total. The van der Waals surface area contributed by atoms with Crippen LogP contribution in [0.3, 0.4) is 0 Å². The van der Waals surface area contributed by atoms with Crippen LogP contribution in [0.4, 0.5) is 5.95 Å². The number of hydrazone groups is 1. The van der Waals surface area contributed by atoms with Crippen LogP contribution in [0.1, 0.15) is 6.92 Å². The number of aryl methyl sites for hydroxylation is 1. The summed E-state index contributed by atoms with van der Waals surface area (Å²) in [6, 6.07) is 8.04. The highest BCUT2D eigenvalue weighted by Gasteiger charge is 2.11. The fourth-order valence-electron chi connectivity index (χ4n) is 1.98. The van der Waals surface area contributed by atoms with Crippen molar-refractivity contribution < 1.29 is 0 Å². The molecule has 2 aromatic heterocycles. The smallest absolute Gasteiger partial charge is 0.265 e. The van der Waals surface area contributed by atoms with Crippen molar-refractivity contribution in [1.29, 1.82) is 0 Å². The Hall–Kier alpha value is -2.50. The standard InChI is InChI=1S/C12H12N6/c1-3-13-16-12-14-11-10(15-17-12)8-6-4-5-7-9(8)18(11)2/h3-7H,1-2H3,(H,14,16,17)/b13-3+. The average molecular weight is 240 g/mol. The van der Waals surface area contributed by atoms with E-state index in [9.17, 15) is 0 Å². The third-order valence-electron chi connectivity index (χ3n) is 2.80. The van der Waals surface area contributed by atoms with Gasteiger partial charge in [0.15, 0.2) is 5.65 Å². The second-order valence-electron chi connectivity index (χ2n) is 3.88. The van der Waals surface area contributed by atoms with Crippen molar-refractivity contribution in [3.05, 3.63) is 24.3 Å². The lowest BCUT2D eigenvalue weighted by atomic mass is 10.2. The highest BCUT2D eigenvalue weighted by molar-refractivity contribution is 6.04. The van der Waals surface area contributed by atoms with E-state index in [1.165, 1.54) is 0 Å². The highest BCUT2D eigenvalue weighted by Crippen LogP contribution is 2.24. The monoisotopic (exact) mass is 240 g/mol. The van der Waals surface area contributed by atoms with Gasteiger partial charge in [0.25, 0.3) is 5.95 Å². The Morgan fingerprint density at radius 2 is 2.11 bits per heavy atom. The molecule has 0 spiro atoms. The Labute approximate surface area is 103 Å². The van der Waals surface area contributed by atoms with E-state index in [1.807, 2.05) is 42.8 Å². The van der Waals surface area contributed by atoms with Gasteiger partial charge in [0.2, 0.25) is 0 Å². The zero-order valence-electron chi connectivity index (χ0n) is 10.1. The van der Waals surface area contributed by atoms with Crippen LogP contribution in [0.25, 0.3) is 22.1 Å². The van der Waals surface area contributed by atoms with E-state index in [-0.39, 0.29) is 0 Å². The number of nitrogens with one attached hydrogen (secondary N) is 1. The van der Waals surface area contributed by atoms with Crippen molar-refractivity contribution in [3.8, 4) is 0 Å². The van der Waals surface area contributed by atoms with Gasteiger partial charge in [-0.3, -0.25) is 0 Å². The summed E-state index contributed by atoms with van der Waals surface area (Å²) >= 11 is 0. The van der Waals surface area contributed by atoms with Crippen LogP contribution in [0.15, 0.2) is 29.4 Å². The summed E-state index contributed by atoms with van der Waals surface area (Å²) in [5.41, 5.74) is 5.41. The molecule has 2 heterocycles. The number of fused-ring (bicyclic) bond motifs is 3. The Bertz CT molecular complexity index is 743. The number of aromatic nitrogens is 4. The molecular formula is C12H12N6. The molecule has 0 aliphatic carbocycles. The third-order valence-corrected chi connectivity index (χ3v) is 2.80. The Kier molecular flexibility index (Phi) is 2.40. The summed E-state index contributed by atoms with van der Waals surface area (Å²) in [5, 5.41) is 13.2. The number of nitrogens with zero attached hydrogens (tertiary/aromatic N) is 5. The molecular weight excluding hydrogens is 228 g/mol. The molecule has 0 amide bonds. The zero-order valence-corrected chi connectivity index (χ0v) is 10.1. The summed E-state index contributed by atoms with van der Waals surface area (Å²) in [6.07, 6.45) is 1.63. The lowest BCUT2D eigenvalue weighted by Gasteiger charge is -1.98. The molecule has 3 rings (SSSR count). The number of hydrogen-bond acceptors (Lipinski definition) is 5. The molecule has 6 heteroatoms. The van der Waals surface area contributed by atoms with Gasteiger partial charge in [-0.15, -0.1) is 10.2 Å². The average Bonchev–Trinajstić information content (AvgIpc) is 2.71. The summed E-state index contributed by atoms with van der Waals surface area (Å²) in [6.45, 7) is 1.82. The molecule has 90 valence electrons. The molecule has 0 unspecified atom stereocenters. The molecule has 0 aliphatic heterocycles. The van der Waals surface area contributed by atoms with E-state index >= 15 is 0 Å². The summed E-state index contributed by atoms with van der Waals surface area (Å²) < 4.78 is 2.00. The van der Waals surface area contributed by atoms with Crippen LogP contribution >= 0.6 is 0 Å². The van der Waals surface area contributed by atoms with E-state index in [0.717, 1.165) is 22.1 Å². The van der Waals surface area contributed by atoms with E-state index in [1.54, 1.807) is 6.21 Å². The molecule has 1 N–H and O–H groups in total. The second kappa shape index (κ2) is 4.06. The minimum absolute atomic E-state index is 0.395. The fraction of sp³-hybridized carbons (Fsp3) is 0.167. The van der Waals surface area contributed by atoms with Crippen LogP contribution in [0, 0.1) is 0 Å².